The number of ether oxygens (including phenoxy) is 1. The van der Waals surface area contributed by atoms with Crippen molar-refractivity contribution in [2.75, 3.05) is 31.6 Å². The van der Waals surface area contributed by atoms with E-state index in [1.165, 1.54) is 15.6 Å². The van der Waals surface area contributed by atoms with Gasteiger partial charge in [0.05, 0.1) is 23.8 Å². The first kappa shape index (κ1) is 20.9. The Labute approximate surface area is 169 Å². The molecule has 0 saturated carbocycles. The summed E-state index contributed by atoms with van der Waals surface area (Å²) in [6.07, 6.45) is 1.70. The predicted octanol–water partition coefficient (Wildman–Crippen LogP) is 2.61. The van der Waals surface area contributed by atoms with Crippen LogP contribution in [0.1, 0.15) is 29.5 Å². The zero-order chi connectivity index (χ0) is 20.1. The molecule has 0 radical (unpaired) electrons. The van der Waals surface area contributed by atoms with Crippen molar-refractivity contribution in [1.82, 2.24) is 9.29 Å². The molecule has 1 saturated heterocycles. The van der Waals surface area contributed by atoms with Gasteiger partial charge in [-0.1, -0.05) is 19.1 Å². The number of rotatable bonds is 7. The molecule has 1 fully saturated rings. The summed E-state index contributed by atoms with van der Waals surface area (Å²) in [6.45, 7) is 5.63. The van der Waals surface area contributed by atoms with E-state index in [0.29, 0.717) is 44.3 Å². The zero-order valence-corrected chi connectivity index (χ0v) is 17.7. The van der Waals surface area contributed by atoms with Crippen LogP contribution < -0.4 is 5.32 Å². The molecule has 2 aromatic rings. The van der Waals surface area contributed by atoms with Crippen molar-refractivity contribution in [2.24, 2.45) is 0 Å². The summed E-state index contributed by atoms with van der Waals surface area (Å²) < 4.78 is 31.9. The standard InChI is InChI=1S/C19H25N3O4S2/c1-3-17-14(2)27-19(20-17)21-18(23)9-6-15-4-7-16(8-5-15)28(24,25)22-10-12-26-13-11-22/h4-5,7-8H,3,6,9-13H2,1-2H3,(H,20,21,23). The van der Waals surface area contributed by atoms with E-state index in [4.69, 9.17) is 4.74 Å². The van der Waals surface area contributed by atoms with Crippen LogP contribution >= 0.6 is 11.3 Å². The monoisotopic (exact) mass is 423 g/mol. The maximum absolute atomic E-state index is 12.6. The number of thiazole rings is 1. The molecule has 0 unspecified atom stereocenters. The first-order chi connectivity index (χ1) is 13.4. The Kier molecular flexibility index (Phi) is 6.82. The van der Waals surface area contributed by atoms with E-state index in [0.717, 1.165) is 22.6 Å². The molecule has 1 N–H and O–H groups in total. The Morgan fingerprint density at radius 2 is 1.93 bits per heavy atom. The highest BCUT2D eigenvalue weighted by molar-refractivity contribution is 7.89. The lowest BCUT2D eigenvalue weighted by molar-refractivity contribution is -0.116. The fraction of sp³-hybridized carbons (Fsp3) is 0.474. The van der Waals surface area contributed by atoms with Crippen LogP contribution in [0, 0.1) is 6.92 Å². The van der Waals surface area contributed by atoms with Crippen LogP contribution in [0.2, 0.25) is 0 Å². The van der Waals surface area contributed by atoms with Gasteiger partial charge in [0, 0.05) is 24.4 Å². The van der Waals surface area contributed by atoms with E-state index >= 15 is 0 Å². The maximum atomic E-state index is 12.6. The van der Waals surface area contributed by atoms with Gasteiger partial charge in [-0.2, -0.15) is 4.31 Å². The lowest BCUT2D eigenvalue weighted by atomic mass is 10.1. The van der Waals surface area contributed by atoms with Crippen molar-refractivity contribution in [3.63, 3.8) is 0 Å². The number of nitrogens with zero attached hydrogens (tertiary/aromatic N) is 2. The topological polar surface area (TPSA) is 88.6 Å². The van der Waals surface area contributed by atoms with E-state index in [9.17, 15) is 13.2 Å². The van der Waals surface area contributed by atoms with Crippen molar-refractivity contribution >= 4 is 32.4 Å². The zero-order valence-electron chi connectivity index (χ0n) is 16.1. The number of aryl methyl sites for hydroxylation is 3. The van der Waals surface area contributed by atoms with Gasteiger partial charge in [-0.15, -0.1) is 11.3 Å². The molecule has 1 aromatic heterocycles. The number of carbonyl (C=O) groups is 1. The molecule has 9 heteroatoms. The van der Waals surface area contributed by atoms with E-state index in [1.807, 2.05) is 13.8 Å². The molecular weight excluding hydrogens is 398 g/mol. The fourth-order valence-corrected chi connectivity index (χ4v) is 5.34. The number of hydrogen-bond acceptors (Lipinski definition) is 6. The molecule has 2 heterocycles. The molecule has 1 aliphatic heterocycles. The minimum atomic E-state index is -3.49. The first-order valence-electron chi connectivity index (χ1n) is 9.33. The molecule has 1 aliphatic rings. The van der Waals surface area contributed by atoms with Gasteiger partial charge in [-0.3, -0.25) is 4.79 Å². The smallest absolute Gasteiger partial charge is 0.243 e. The number of morpholine rings is 1. The second kappa shape index (κ2) is 9.13. The van der Waals surface area contributed by atoms with Crippen LogP contribution in [0.5, 0.6) is 0 Å². The number of anilines is 1. The highest BCUT2D eigenvalue weighted by Gasteiger charge is 2.26. The number of hydrogen-bond donors (Lipinski definition) is 1. The molecule has 1 aromatic carbocycles. The van der Waals surface area contributed by atoms with Crippen molar-refractivity contribution in [3.05, 3.63) is 40.4 Å². The molecule has 3 rings (SSSR count). The second-order valence-corrected chi connectivity index (χ2v) is 9.73. The predicted molar refractivity (Wildman–Crippen MR) is 109 cm³/mol. The Bertz CT molecular complexity index is 917. The average Bonchev–Trinajstić information content (AvgIpc) is 3.06. The summed E-state index contributed by atoms with van der Waals surface area (Å²) in [5.41, 5.74) is 1.93. The van der Waals surface area contributed by atoms with Crippen LogP contribution in [0.25, 0.3) is 0 Å². The highest BCUT2D eigenvalue weighted by atomic mass is 32.2. The largest absolute Gasteiger partial charge is 0.379 e. The van der Waals surface area contributed by atoms with Crippen LogP contribution in [0.3, 0.4) is 0 Å². The highest BCUT2D eigenvalue weighted by Crippen LogP contribution is 2.23. The third kappa shape index (κ3) is 4.96. The van der Waals surface area contributed by atoms with Crippen LogP contribution in [0.15, 0.2) is 29.2 Å². The van der Waals surface area contributed by atoms with Gasteiger partial charge in [0.1, 0.15) is 0 Å². The molecular formula is C19H25N3O4S2. The molecule has 152 valence electrons. The molecule has 0 bridgehead atoms. The van der Waals surface area contributed by atoms with Crippen LogP contribution in [0.4, 0.5) is 5.13 Å². The van der Waals surface area contributed by atoms with E-state index in [1.54, 1.807) is 24.3 Å². The number of benzene rings is 1. The Morgan fingerprint density at radius 1 is 1.25 bits per heavy atom. The van der Waals surface area contributed by atoms with E-state index in [-0.39, 0.29) is 10.8 Å². The third-order valence-corrected chi connectivity index (χ3v) is 7.49. The number of aromatic nitrogens is 1. The molecule has 28 heavy (non-hydrogen) atoms. The molecule has 7 nitrogen and oxygen atoms in total. The van der Waals surface area contributed by atoms with Gasteiger partial charge >= 0.3 is 0 Å². The van der Waals surface area contributed by atoms with Gasteiger partial charge in [-0.05, 0) is 37.5 Å². The van der Waals surface area contributed by atoms with Gasteiger partial charge in [-0.25, -0.2) is 13.4 Å². The lowest BCUT2D eigenvalue weighted by Crippen LogP contribution is -2.40. The third-order valence-electron chi connectivity index (χ3n) is 4.65. The van der Waals surface area contributed by atoms with E-state index in [2.05, 4.69) is 10.3 Å². The summed E-state index contributed by atoms with van der Waals surface area (Å²) in [4.78, 5) is 18.0. The Hall–Kier alpha value is -1.81. The SMILES string of the molecule is CCc1nc(NC(=O)CCc2ccc(S(=O)(=O)N3CCOCC3)cc2)sc1C. The first-order valence-corrected chi connectivity index (χ1v) is 11.6. The molecule has 0 atom stereocenters. The summed E-state index contributed by atoms with van der Waals surface area (Å²) in [6, 6.07) is 6.75. The molecule has 1 amide bonds. The van der Waals surface area contributed by atoms with Crippen molar-refractivity contribution in [1.29, 1.82) is 0 Å². The number of sulfonamides is 1. The average molecular weight is 424 g/mol. The summed E-state index contributed by atoms with van der Waals surface area (Å²) >= 11 is 1.48. The second-order valence-electron chi connectivity index (χ2n) is 6.58. The Morgan fingerprint density at radius 3 is 2.54 bits per heavy atom. The van der Waals surface area contributed by atoms with E-state index < -0.39 is 10.0 Å². The van der Waals surface area contributed by atoms with Gasteiger partial charge in [0.25, 0.3) is 0 Å². The maximum Gasteiger partial charge on any atom is 0.243 e. The normalized spacial score (nSPS) is 15.5. The van der Waals surface area contributed by atoms with Gasteiger partial charge < -0.3 is 10.1 Å². The molecule has 0 spiro atoms. The summed E-state index contributed by atoms with van der Waals surface area (Å²) in [5, 5.41) is 3.47. The minimum absolute atomic E-state index is 0.0959. The minimum Gasteiger partial charge on any atom is -0.379 e. The quantitative estimate of drug-likeness (QED) is 0.740. The fourth-order valence-electron chi connectivity index (χ4n) is 3.01. The van der Waals surface area contributed by atoms with Gasteiger partial charge in [0.2, 0.25) is 15.9 Å². The molecule has 0 aliphatic carbocycles. The number of carbonyl (C=O) groups excluding carboxylic acids is 1. The Balaban J connectivity index is 1.55. The summed E-state index contributed by atoms with van der Waals surface area (Å²) in [5.74, 6) is -0.0959. The lowest BCUT2D eigenvalue weighted by Gasteiger charge is -2.26. The van der Waals surface area contributed by atoms with Crippen LogP contribution in [-0.2, 0) is 32.4 Å². The van der Waals surface area contributed by atoms with Crippen molar-refractivity contribution in [2.45, 2.75) is 38.0 Å². The summed E-state index contributed by atoms with van der Waals surface area (Å²) in [7, 11) is -3.49. The van der Waals surface area contributed by atoms with Crippen LogP contribution in [-0.4, -0.2) is 49.9 Å². The van der Waals surface area contributed by atoms with Crippen molar-refractivity contribution in [3.8, 4) is 0 Å². The van der Waals surface area contributed by atoms with Gasteiger partial charge in [0.15, 0.2) is 5.13 Å². The number of nitrogens with one attached hydrogen (secondary N) is 1. The number of amides is 1. The van der Waals surface area contributed by atoms with Crippen molar-refractivity contribution < 1.29 is 17.9 Å².